The van der Waals surface area contributed by atoms with Crippen molar-refractivity contribution in [2.75, 3.05) is 13.2 Å². The summed E-state index contributed by atoms with van der Waals surface area (Å²) >= 11 is 0. The molecule has 0 aromatic rings. The lowest BCUT2D eigenvalue weighted by Crippen LogP contribution is -2.78. The monoisotopic (exact) mass is 210 g/mol. The predicted molar refractivity (Wildman–Crippen MR) is 59.6 cm³/mol. The van der Waals surface area contributed by atoms with Gasteiger partial charge in [-0.1, -0.05) is 13.8 Å². The van der Waals surface area contributed by atoms with Crippen molar-refractivity contribution in [2.45, 2.75) is 50.8 Å². The average molecular weight is 210 g/mol. The van der Waals surface area contributed by atoms with Crippen LogP contribution in [0, 0.1) is 11.3 Å². The molecule has 3 nitrogen and oxygen atoms in total. The van der Waals surface area contributed by atoms with E-state index in [4.69, 9.17) is 10.5 Å². The zero-order valence-corrected chi connectivity index (χ0v) is 9.75. The molecule has 0 spiro atoms. The lowest BCUT2D eigenvalue weighted by Gasteiger charge is -2.62. The van der Waals surface area contributed by atoms with Gasteiger partial charge in [0.25, 0.3) is 0 Å². The zero-order chi connectivity index (χ0) is 10.7. The molecule has 1 heterocycles. The molecule has 15 heavy (non-hydrogen) atoms. The van der Waals surface area contributed by atoms with Gasteiger partial charge in [0.15, 0.2) is 0 Å². The van der Waals surface area contributed by atoms with Crippen LogP contribution in [0.1, 0.15) is 33.1 Å². The van der Waals surface area contributed by atoms with Crippen LogP contribution < -0.4 is 11.1 Å². The Kier molecular flexibility index (Phi) is 1.99. The number of fused-ring (bicyclic) bond motifs is 1. The van der Waals surface area contributed by atoms with Gasteiger partial charge in [-0.05, 0) is 19.3 Å². The molecule has 3 unspecified atom stereocenters. The van der Waals surface area contributed by atoms with Crippen molar-refractivity contribution >= 4 is 0 Å². The molecule has 0 aromatic heterocycles. The lowest BCUT2D eigenvalue weighted by atomic mass is 9.48. The van der Waals surface area contributed by atoms with Gasteiger partial charge in [0.1, 0.15) is 0 Å². The molecular formula is C12H22N2O. The fraction of sp³-hybridized carbons (Fsp3) is 1.00. The van der Waals surface area contributed by atoms with Crippen LogP contribution >= 0.6 is 0 Å². The van der Waals surface area contributed by atoms with Crippen molar-refractivity contribution < 1.29 is 4.74 Å². The first-order valence-electron chi connectivity index (χ1n) is 6.19. The normalized spacial score (nSPS) is 47.4. The third kappa shape index (κ3) is 1.23. The molecule has 1 saturated heterocycles. The van der Waals surface area contributed by atoms with Gasteiger partial charge in [0.05, 0.1) is 6.10 Å². The second-order valence-corrected chi connectivity index (χ2v) is 6.10. The fourth-order valence-electron chi connectivity index (χ4n) is 3.43. The molecule has 1 aliphatic heterocycles. The van der Waals surface area contributed by atoms with E-state index in [1.165, 1.54) is 12.8 Å². The Balaban J connectivity index is 1.71. The smallest absolute Gasteiger partial charge is 0.0691 e. The summed E-state index contributed by atoms with van der Waals surface area (Å²) in [5.74, 6) is 0.582. The Morgan fingerprint density at radius 3 is 2.73 bits per heavy atom. The van der Waals surface area contributed by atoms with Gasteiger partial charge in [0.2, 0.25) is 0 Å². The van der Waals surface area contributed by atoms with Gasteiger partial charge in [-0.2, -0.15) is 0 Å². The summed E-state index contributed by atoms with van der Waals surface area (Å²) in [6, 6.07) is 0.752. The molecular weight excluding hydrogens is 188 g/mol. The highest BCUT2D eigenvalue weighted by Gasteiger charge is 2.67. The van der Waals surface area contributed by atoms with E-state index in [1.54, 1.807) is 0 Å². The third-order valence-electron chi connectivity index (χ3n) is 4.92. The van der Waals surface area contributed by atoms with Crippen molar-refractivity contribution in [3.8, 4) is 0 Å². The number of hydrogen-bond acceptors (Lipinski definition) is 3. The average Bonchev–Trinajstić information content (AvgIpc) is 2.89. The first-order valence-corrected chi connectivity index (χ1v) is 6.19. The molecule has 3 atom stereocenters. The van der Waals surface area contributed by atoms with Gasteiger partial charge < -0.3 is 15.8 Å². The lowest BCUT2D eigenvalue weighted by molar-refractivity contribution is -0.153. The first-order chi connectivity index (χ1) is 7.06. The summed E-state index contributed by atoms with van der Waals surface area (Å²) in [6.07, 6.45) is 4.22. The molecule has 0 radical (unpaired) electrons. The van der Waals surface area contributed by atoms with Gasteiger partial charge in [-0.15, -0.1) is 0 Å². The van der Waals surface area contributed by atoms with Gasteiger partial charge in [-0.25, -0.2) is 0 Å². The van der Waals surface area contributed by atoms with E-state index >= 15 is 0 Å². The van der Waals surface area contributed by atoms with E-state index in [0.717, 1.165) is 25.6 Å². The van der Waals surface area contributed by atoms with E-state index in [0.29, 0.717) is 12.0 Å². The van der Waals surface area contributed by atoms with Crippen LogP contribution in [0.15, 0.2) is 0 Å². The van der Waals surface area contributed by atoms with Gasteiger partial charge in [0, 0.05) is 36.1 Å². The Bertz CT molecular complexity index is 275. The second-order valence-electron chi connectivity index (χ2n) is 6.10. The van der Waals surface area contributed by atoms with Crippen molar-refractivity contribution in [3.63, 3.8) is 0 Å². The summed E-state index contributed by atoms with van der Waals surface area (Å²) in [5.41, 5.74) is 6.69. The predicted octanol–water partition coefficient (Wildman–Crippen LogP) is 0.881. The molecule has 3 aliphatic rings. The summed E-state index contributed by atoms with van der Waals surface area (Å²) in [7, 11) is 0. The van der Waals surface area contributed by atoms with E-state index < -0.39 is 0 Å². The minimum absolute atomic E-state index is 0.0449. The minimum atomic E-state index is -0.0449. The second kappa shape index (κ2) is 2.96. The summed E-state index contributed by atoms with van der Waals surface area (Å²) in [4.78, 5) is 0. The summed E-state index contributed by atoms with van der Waals surface area (Å²) in [5, 5.41) is 3.59. The first kappa shape index (κ1) is 10.1. The SMILES string of the molecule is CC1(C)C2OCCC2C1(N)CNC1CC1. The highest BCUT2D eigenvalue weighted by molar-refractivity contribution is 5.21. The standard InChI is InChI=1S/C12H22N2O/c1-11(2)10-9(5-6-15-10)12(11,13)7-14-8-3-4-8/h8-10,14H,3-7,13H2,1-2H3. The molecule has 2 saturated carbocycles. The van der Waals surface area contributed by atoms with E-state index in [1.807, 2.05) is 0 Å². The minimum Gasteiger partial charge on any atom is -0.377 e. The molecule has 0 aromatic carbocycles. The number of nitrogens with one attached hydrogen (secondary N) is 1. The molecule has 0 amide bonds. The maximum atomic E-state index is 6.60. The highest BCUT2D eigenvalue weighted by Crippen LogP contribution is 2.57. The van der Waals surface area contributed by atoms with Crippen LogP contribution in [0.3, 0.4) is 0 Å². The van der Waals surface area contributed by atoms with Crippen molar-refractivity contribution in [1.29, 1.82) is 0 Å². The number of rotatable bonds is 3. The molecule has 3 fully saturated rings. The van der Waals surface area contributed by atoms with Crippen LogP contribution in [-0.4, -0.2) is 30.8 Å². The molecule has 86 valence electrons. The quantitative estimate of drug-likeness (QED) is 0.727. The Morgan fingerprint density at radius 2 is 2.07 bits per heavy atom. The van der Waals surface area contributed by atoms with Crippen LogP contribution in [-0.2, 0) is 4.74 Å². The topological polar surface area (TPSA) is 47.3 Å². The molecule has 3 rings (SSSR count). The number of hydrogen-bond donors (Lipinski definition) is 2. The van der Waals surface area contributed by atoms with E-state index in [-0.39, 0.29) is 11.0 Å². The third-order valence-corrected chi connectivity index (χ3v) is 4.92. The van der Waals surface area contributed by atoms with Gasteiger partial charge >= 0.3 is 0 Å². The van der Waals surface area contributed by atoms with Crippen molar-refractivity contribution in [1.82, 2.24) is 5.32 Å². The number of ether oxygens (including phenoxy) is 1. The molecule has 3 heteroatoms. The maximum absolute atomic E-state index is 6.60. The van der Waals surface area contributed by atoms with Crippen LogP contribution in [0.4, 0.5) is 0 Å². The number of nitrogens with two attached hydrogens (primary N) is 1. The maximum Gasteiger partial charge on any atom is 0.0691 e. The van der Waals surface area contributed by atoms with E-state index in [2.05, 4.69) is 19.2 Å². The Hall–Kier alpha value is -0.120. The molecule has 0 bridgehead atoms. The van der Waals surface area contributed by atoms with E-state index in [9.17, 15) is 0 Å². The largest absolute Gasteiger partial charge is 0.377 e. The van der Waals surface area contributed by atoms with Gasteiger partial charge in [-0.3, -0.25) is 0 Å². The van der Waals surface area contributed by atoms with Crippen molar-refractivity contribution in [2.24, 2.45) is 17.1 Å². The summed E-state index contributed by atoms with van der Waals surface area (Å²) < 4.78 is 5.78. The zero-order valence-electron chi connectivity index (χ0n) is 9.75. The highest BCUT2D eigenvalue weighted by atomic mass is 16.5. The molecule has 3 N–H and O–H groups in total. The molecule has 2 aliphatic carbocycles. The van der Waals surface area contributed by atoms with Crippen LogP contribution in [0.25, 0.3) is 0 Å². The fourth-order valence-corrected chi connectivity index (χ4v) is 3.43. The Labute approximate surface area is 91.7 Å². The Morgan fingerprint density at radius 1 is 1.33 bits per heavy atom. The van der Waals surface area contributed by atoms with Crippen LogP contribution in [0.5, 0.6) is 0 Å². The van der Waals surface area contributed by atoms with Crippen molar-refractivity contribution in [3.05, 3.63) is 0 Å². The van der Waals surface area contributed by atoms with Crippen LogP contribution in [0.2, 0.25) is 0 Å². The summed E-state index contributed by atoms with van der Waals surface area (Å²) in [6.45, 7) is 6.39.